The summed E-state index contributed by atoms with van der Waals surface area (Å²) in [5, 5.41) is 23.1. The maximum Gasteiger partial charge on any atom is 0.339 e. The lowest BCUT2D eigenvalue weighted by Gasteiger charge is -2.31. The van der Waals surface area contributed by atoms with E-state index in [1.165, 1.54) is 0 Å². The Bertz CT molecular complexity index is 1570. The van der Waals surface area contributed by atoms with E-state index in [0.717, 1.165) is 44.1 Å². The van der Waals surface area contributed by atoms with E-state index in [-0.39, 0.29) is 31.6 Å². The number of unbranched alkanes of at least 4 members (excludes halogenated alkanes) is 4. The minimum absolute atomic E-state index is 0.0299. The third kappa shape index (κ3) is 12.5. The Kier molecular flexibility index (Phi) is 15.7. The van der Waals surface area contributed by atoms with Gasteiger partial charge in [-0.3, -0.25) is 9.59 Å². The van der Waals surface area contributed by atoms with Gasteiger partial charge < -0.3 is 34.5 Å². The van der Waals surface area contributed by atoms with Crippen LogP contribution in [0.1, 0.15) is 127 Å². The van der Waals surface area contributed by atoms with Gasteiger partial charge in [0.25, 0.3) is 0 Å². The van der Waals surface area contributed by atoms with Crippen LogP contribution in [0.25, 0.3) is 6.08 Å². The molecule has 4 atom stereocenters. The lowest BCUT2D eigenvalue weighted by Crippen LogP contribution is -2.45. The van der Waals surface area contributed by atoms with Crippen LogP contribution < -0.4 is 5.32 Å². The normalized spacial score (nSPS) is 20.0. The fourth-order valence-electron chi connectivity index (χ4n) is 6.80. The first-order valence-electron chi connectivity index (χ1n) is 19.3. The molecule has 1 fully saturated rings. The van der Waals surface area contributed by atoms with Crippen LogP contribution in [0, 0.1) is 0 Å². The number of phenols is 1. The van der Waals surface area contributed by atoms with Crippen LogP contribution in [-0.2, 0) is 35.0 Å². The molecule has 2 aliphatic rings. The monoisotopic (exact) mass is 733 g/mol. The van der Waals surface area contributed by atoms with E-state index < -0.39 is 53.6 Å². The van der Waals surface area contributed by atoms with Gasteiger partial charge in [-0.25, -0.2) is 4.79 Å². The second-order valence-corrected chi connectivity index (χ2v) is 15.1. The van der Waals surface area contributed by atoms with Gasteiger partial charge >= 0.3 is 11.9 Å². The number of esters is 2. The number of aliphatic hydroxyl groups excluding tert-OH is 1. The molecule has 4 rings (SSSR count). The van der Waals surface area contributed by atoms with Gasteiger partial charge in [-0.2, -0.15) is 0 Å². The molecule has 10 heteroatoms. The van der Waals surface area contributed by atoms with Crippen molar-refractivity contribution in [1.29, 1.82) is 0 Å². The summed E-state index contributed by atoms with van der Waals surface area (Å²) in [5.41, 5.74) is 1.50. The van der Waals surface area contributed by atoms with E-state index in [1.807, 2.05) is 36.4 Å². The smallest absolute Gasteiger partial charge is 0.339 e. The van der Waals surface area contributed by atoms with Crippen molar-refractivity contribution in [2.75, 3.05) is 6.61 Å². The van der Waals surface area contributed by atoms with Gasteiger partial charge in [0.15, 0.2) is 5.79 Å². The van der Waals surface area contributed by atoms with Crippen molar-refractivity contribution in [2.24, 2.45) is 0 Å². The van der Waals surface area contributed by atoms with E-state index in [4.69, 9.17) is 18.9 Å². The van der Waals surface area contributed by atoms with Crippen LogP contribution >= 0.6 is 0 Å². The molecule has 1 heterocycles. The number of hydrogen-bond acceptors (Lipinski definition) is 9. The topological polar surface area (TPSA) is 141 Å². The minimum Gasteiger partial charge on any atom is -0.508 e. The number of aliphatic hydroxyl groups is 1. The van der Waals surface area contributed by atoms with E-state index in [9.17, 15) is 24.6 Å². The number of fused-ring (bicyclic) bond motifs is 1. The van der Waals surface area contributed by atoms with Crippen LogP contribution in [-0.4, -0.2) is 70.4 Å². The van der Waals surface area contributed by atoms with Gasteiger partial charge in [-0.15, -0.1) is 0 Å². The number of aromatic hydroxyl groups is 1. The van der Waals surface area contributed by atoms with Gasteiger partial charge in [0, 0.05) is 31.3 Å². The second-order valence-electron chi connectivity index (χ2n) is 15.1. The van der Waals surface area contributed by atoms with Crippen LogP contribution in [0.15, 0.2) is 66.3 Å². The Morgan fingerprint density at radius 2 is 1.66 bits per heavy atom. The zero-order chi connectivity index (χ0) is 38.4. The van der Waals surface area contributed by atoms with Crippen molar-refractivity contribution >= 4 is 23.9 Å². The summed E-state index contributed by atoms with van der Waals surface area (Å²) in [5.74, 6) is -2.06. The first-order valence-corrected chi connectivity index (χ1v) is 19.3. The van der Waals surface area contributed by atoms with E-state index in [1.54, 1.807) is 51.1 Å². The number of ether oxygens (including phenoxy) is 4. The number of phenolic OH excluding ortho intramolecular Hbond substituents is 1. The number of carbonyl (C=O) groups excluding carboxylic acids is 3. The first-order chi connectivity index (χ1) is 25.4. The summed E-state index contributed by atoms with van der Waals surface area (Å²) in [6, 6.07) is 13.6. The quantitative estimate of drug-likeness (QED) is 0.0977. The summed E-state index contributed by atoms with van der Waals surface area (Å²) < 4.78 is 25.1. The lowest BCUT2D eigenvalue weighted by atomic mass is 9.91. The highest BCUT2D eigenvalue weighted by Gasteiger charge is 2.52. The highest BCUT2D eigenvalue weighted by atomic mass is 16.8. The molecule has 0 aromatic heterocycles. The number of amides is 1. The number of allylic oxidation sites excluding steroid dienone is 1. The fourth-order valence-corrected chi connectivity index (χ4v) is 6.80. The number of hydrogen-bond donors (Lipinski definition) is 3. The van der Waals surface area contributed by atoms with E-state index >= 15 is 0 Å². The number of nitrogens with one attached hydrogen (secondary N) is 1. The first kappa shape index (κ1) is 41.8. The van der Waals surface area contributed by atoms with Crippen LogP contribution in [0.5, 0.6) is 5.75 Å². The zero-order valence-electron chi connectivity index (χ0n) is 32.1. The molecule has 2 aromatic rings. The molecule has 0 saturated carbocycles. The van der Waals surface area contributed by atoms with Crippen molar-refractivity contribution < 1.29 is 43.5 Å². The minimum atomic E-state index is -0.864. The molecule has 1 amide bonds. The molecule has 4 unspecified atom stereocenters. The van der Waals surface area contributed by atoms with Gasteiger partial charge in [-0.1, -0.05) is 88.1 Å². The SMILES string of the molecule is CCCCCC1(CCCCC)OC2C=C(C(=O)NC(CO)CCC(=O)OC(C)(C)C)CC(OC(=O)c3ccccc3C=CCc3ccccc3O)C2O1. The average Bonchev–Trinajstić information content (AvgIpc) is 3.49. The Labute approximate surface area is 314 Å². The Hall–Kier alpha value is -3.99. The highest BCUT2D eigenvalue weighted by Crippen LogP contribution is 2.43. The number of carbonyl (C=O) groups is 3. The second kappa shape index (κ2) is 19.9. The van der Waals surface area contributed by atoms with E-state index in [0.29, 0.717) is 36.0 Å². The summed E-state index contributed by atoms with van der Waals surface area (Å²) >= 11 is 0. The Morgan fingerprint density at radius 3 is 2.32 bits per heavy atom. The summed E-state index contributed by atoms with van der Waals surface area (Å²) in [6.07, 6.45) is 11.5. The van der Waals surface area contributed by atoms with Crippen molar-refractivity contribution in [2.45, 2.75) is 147 Å². The lowest BCUT2D eigenvalue weighted by molar-refractivity contribution is -0.190. The van der Waals surface area contributed by atoms with Gasteiger partial charge in [-0.05, 0) is 75.8 Å². The van der Waals surface area contributed by atoms with Crippen molar-refractivity contribution in [1.82, 2.24) is 5.32 Å². The summed E-state index contributed by atoms with van der Waals surface area (Å²) in [6.45, 7) is 9.29. The third-order valence-electron chi connectivity index (χ3n) is 9.53. The molecular formula is C43H59NO9. The van der Waals surface area contributed by atoms with Crippen molar-refractivity contribution in [3.63, 3.8) is 0 Å². The van der Waals surface area contributed by atoms with Crippen molar-refractivity contribution in [3.05, 3.63) is 82.9 Å². The standard InChI is InChI=1S/C43H59NO9/c1-6-8-14-25-43(26-15-9-7-2)51-37-28-32(40(48)44-33(29-45)23-24-38(47)52-42(3,4)5)27-36(39(37)53-43)50-41(49)34-21-12-10-17-30(34)19-16-20-31-18-11-13-22-35(31)46/h10-13,16-19,21-22,28,33,36-37,39,45-46H,6-9,14-15,20,23-27,29H2,1-5H3,(H,44,48). The molecule has 1 aliphatic carbocycles. The molecule has 2 aromatic carbocycles. The summed E-state index contributed by atoms with van der Waals surface area (Å²) in [4.78, 5) is 40.1. The van der Waals surface area contributed by atoms with Crippen LogP contribution in [0.3, 0.4) is 0 Å². The molecule has 3 N–H and O–H groups in total. The molecule has 0 spiro atoms. The van der Waals surface area contributed by atoms with Crippen molar-refractivity contribution in [3.8, 4) is 5.75 Å². The number of rotatable bonds is 19. The van der Waals surface area contributed by atoms with Gasteiger partial charge in [0.1, 0.15) is 29.7 Å². The Morgan fingerprint density at radius 1 is 0.981 bits per heavy atom. The summed E-state index contributed by atoms with van der Waals surface area (Å²) in [7, 11) is 0. The number of benzene rings is 2. The Balaban J connectivity index is 1.56. The average molecular weight is 734 g/mol. The van der Waals surface area contributed by atoms with Crippen LogP contribution in [0.2, 0.25) is 0 Å². The third-order valence-corrected chi connectivity index (χ3v) is 9.53. The maximum atomic E-state index is 14.0. The predicted octanol–water partition coefficient (Wildman–Crippen LogP) is 7.74. The molecule has 10 nitrogen and oxygen atoms in total. The van der Waals surface area contributed by atoms with E-state index in [2.05, 4.69) is 19.2 Å². The fraction of sp³-hybridized carbons (Fsp3) is 0.558. The molecule has 53 heavy (non-hydrogen) atoms. The molecular weight excluding hydrogens is 674 g/mol. The number of para-hydroxylation sites is 1. The zero-order valence-corrected chi connectivity index (χ0v) is 32.1. The predicted molar refractivity (Wildman–Crippen MR) is 204 cm³/mol. The van der Waals surface area contributed by atoms with Gasteiger partial charge in [0.2, 0.25) is 5.91 Å². The molecule has 290 valence electrons. The molecule has 0 bridgehead atoms. The molecule has 1 saturated heterocycles. The highest BCUT2D eigenvalue weighted by molar-refractivity contribution is 5.95. The van der Waals surface area contributed by atoms with Crippen LogP contribution in [0.4, 0.5) is 0 Å². The maximum absolute atomic E-state index is 14.0. The molecule has 0 radical (unpaired) electrons. The largest absolute Gasteiger partial charge is 0.508 e. The molecule has 1 aliphatic heterocycles. The van der Waals surface area contributed by atoms with Gasteiger partial charge in [0.05, 0.1) is 18.2 Å².